The molecule has 5 N–H and O–H groups in total. The van der Waals surface area contributed by atoms with E-state index in [1.807, 2.05) is 49.4 Å². The molecule has 0 saturated heterocycles. The lowest BCUT2D eigenvalue weighted by atomic mass is 10.0. The largest absolute Gasteiger partial charge is 0.382 e. The van der Waals surface area contributed by atoms with Gasteiger partial charge in [0.2, 0.25) is 0 Å². The minimum atomic E-state index is 0.418. The predicted octanol–water partition coefficient (Wildman–Crippen LogP) is 3.53. The van der Waals surface area contributed by atoms with Crippen molar-refractivity contribution in [3.8, 4) is 0 Å². The van der Waals surface area contributed by atoms with Crippen LogP contribution in [0.3, 0.4) is 0 Å². The Balaban J connectivity index is 2.13. The Hall–Kier alpha value is -3.73. The number of nitrogens with zero attached hydrogens (tertiary/aromatic N) is 1. The summed E-state index contributed by atoms with van der Waals surface area (Å²) in [6.07, 6.45) is 12.7. The number of anilines is 2. The molecule has 0 unspecified atom stereocenters. The van der Waals surface area contributed by atoms with Crippen molar-refractivity contribution in [1.82, 2.24) is 15.5 Å². The Labute approximate surface area is 178 Å². The number of H-pyrrole nitrogens is 1. The van der Waals surface area contributed by atoms with Gasteiger partial charge in [-0.05, 0) is 42.2 Å². The first-order valence-electron chi connectivity index (χ1n) is 9.94. The molecule has 30 heavy (non-hydrogen) atoms. The number of hydrogen-bond acceptors (Lipinski definition) is 4. The molecule has 0 aliphatic rings. The van der Waals surface area contributed by atoms with Crippen molar-refractivity contribution < 1.29 is 0 Å². The average Bonchev–Trinajstić information content (AvgIpc) is 3.07. The lowest BCUT2D eigenvalue weighted by Gasteiger charge is -2.12. The Morgan fingerprint density at radius 2 is 2.10 bits per heavy atom. The van der Waals surface area contributed by atoms with Gasteiger partial charge in [-0.2, -0.15) is 5.10 Å². The molecule has 0 radical (unpaired) electrons. The zero-order chi connectivity index (χ0) is 21.9. The highest BCUT2D eigenvalue weighted by atomic mass is 15.1. The van der Waals surface area contributed by atoms with Gasteiger partial charge in [0.1, 0.15) is 0 Å². The standard InChI is InChI=1S/C25H31N5/c1-6-11-21(23(12-7-2)24-18(4)29-30-25(24)26)14-10-16-27-19(5)28-22-15-9-13-20(8-3)17-22/h6-7,9-15,17,27-29H,1,4-5,8,16H2,2-3H3,(H2,26,30)/b12-7-,14-10-,21-11+,24-23-. The third-order valence-corrected chi connectivity index (χ3v) is 4.44. The van der Waals surface area contributed by atoms with Gasteiger partial charge in [0.15, 0.2) is 5.82 Å². The molecule has 0 bridgehead atoms. The van der Waals surface area contributed by atoms with Crippen LogP contribution in [-0.2, 0) is 6.42 Å². The number of rotatable bonds is 10. The molecule has 1 aromatic carbocycles. The molecule has 1 heterocycles. The molecule has 0 aliphatic heterocycles. The van der Waals surface area contributed by atoms with E-state index < -0.39 is 0 Å². The molecule has 0 aliphatic carbocycles. The molecule has 0 atom stereocenters. The first-order valence-corrected chi connectivity index (χ1v) is 9.94. The van der Waals surface area contributed by atoms with Gasteiger partial charge in [0.25, 0.3) is 0 Å². The van der Waals surface area contributed by atoms with Crippen molar-refractivity contribution in [1.29, 1.82) is 0 Å². The normalized spacial score (nSPS) is 12.9. The molecular weight excluding hydrogens is 370 g/mol. The molecule has 0 spiro atoms. The summed E-state index contributed by atoms with van der Waals surface area (Å²) >= 11 is 0. The summed E-state index contributed by atoms with van der Waals surface area (Å²) in [5.41, 5.74) is 10.2. The van der Waals surface area contributed by atoms with Crippen molar-refractivity contribution in [2.75, 3.05) is 17.6 Å². The lowest BCUT2D eigenvalue weighted by Crippen LogP contribution is -2.26. The highest BCUT2D eigenvalue weighted by molar-refractivity contribution is 5.78. The van der Waals surface area contributed by atoms with Crippen molar-refractivity contribution in [3.05, 3.63) is 101 Å². The minimum absolute atomic E-state index is 0.418. The van der Waals surface area contributed by atoms with Crippen LogP contribution in [0.1, 0.15) is 19.4 Å². The van der Waals surface area contributed by atoms with Crippen LogP contribution in [0, 0.1) is 0 Å². The molecule has 156 valence electrons. The fraction of sp³-hybridized carbons (Fsp3) is 0.160. The van der Waals surface area contributed by atoms with Crippen LogP contribution >= 0.6 is 0 Å². The molecular formula is C25H31N5. The monoisotopic (exact) mass is 401 g/mol. The molecule has 0 amide bonds. The van der Waals surface area contributed by atoms with Gasteiger partial charge >= 0.3 is 0 Å². The number of benzene rings is 1. The SMILES string of the molecule is C=C/C=C(\C=C/CNC(=C)Nc1cccc(CC)c1)C(/C=C\C)=c1\c(N)n[nH]c1=C. The van der Waals surface area contributed by atoms with Gasteiger partial charge in [0.05, 0.1) is 16.4 Å². The number of allylic oxidation sites excluding steroid dienone is 6. The summed E-state index contributed by atoms with van der Waals surface area (Å²) < 4.78 is 0. The number of nitrogens with one attached hydrogen (secondary N) is 3. The first-order chi connectivity index (χ1) is 14.5. The second-order valence-electron chi connectivity index (χ2n) is 6.67. The van der Waals surface area contributed by atoms with E-state index in [0.717, 1.165) is 34.3 Å². The van der Waals surface area contributed by atoms with Gasteiger partial charge < -0.3 is 16.4 Å². The van der Waals surface area contributed by atoms with Crippen LogP contribution in [0.2, 0.25) is 0 Å². The summed E-state index contributed by atoms with van der Waals surface area (Å²) in [5.74, 6) is 1.15. The molecule has 0 saturated carbocycles. The van der Waals surface area contributed by atoms with Crippen LogP contribution in [0.4, 0.5) is 11.5 Å². The van der Waals surface area contributed by atoms with E-state index in [-0.39, 0.29) is 0 Å². The number of nitrogen functional groups attached to an aromatic ring is 1. The molecule has 2 rings (SSSR count). The Morgan fingerprint density at radius 3 is 2.73 bits per heavy atom. The number of aromatic nitrogens is 2. The molecule has 5 nitrogen and oxygen atoms in total. The summed E-state index contributed by atoms with van der Waals surface area (Å²) in [6.45, 7) is 16.6. The molecule has 1 aromatic heterocycles. The van der Waals surface area contributed by atoms with Crippen molar-refractivity contribution in [2.45, 2.75) is 20.3 Å². The summed E-state index contributed by atoms with van der Waals surface area (Å²) in [5, 5.41) is 14.9. The molecule has 5 heteroatoms. The number of aryl methyl sites for hydroxylation is 1. The maximum Gasteiger partial charge on any atom is 0.153 e. The van der Waals surface area contributed by atoms with Gasteiger partial charge in [-0.3, -0.25) is 5.10 Å². The zero-order valence-corrected chi connectivity index (χ0v) is 17.8. The number of nitrogens with two attached hydrogens (primary N) is 1. The van der Waals surface area contributed by atoms with Crippen molar-refractivity contribution in [3.63, 3.8) is 0 Å². The Morgan fingerprint density at radius 1 is 1.30 bits per heavy atom. The van der Waals surface area contributed by atoms with Crippen LogP contribution in [0.15, 0.2) is 85.3 Å². The maximum absolute atomic E-state index is 6.05. The summed E-state index contributed by atoms with van der Waals surface area (Å²) in [7, 11) is 0. The first kappa shape index (κ1) is 22.6. The zero-order valence-electron chi connectivity index (χ0n) is 17.8. The van der Waals surface area contributed by atoms with E-state index >= 15 is 0 Å². The Kier molecular flexibility index (Phi) is 8.51. The van der Waals surface area contributed by atoms with E-state index in [1.165, 1.54) is 5.56 Å². The number of hydrogen-bond donors (Lipinski definition) is 4. The van der Waals surface area contributed by atoms with Crippen LogP contribution in [0.5, 0.6) is 0 Å². The second kappa shape index (κ2) is 11.3. The lowest BCUT2D eigenvalue weighted by molar-refractivity contribution is 0.915. The van der Waals surface area contributed by atoms with Gasteiger partial charge in [-0.1, -0.05) is 75.2 Å². The maximum atomic E-state index is 6.05. The van der Waals surface area contributed by atoms with Gasteiger partial charge in [-0.15, -0.1) is 0 Å². The van der Waals surface area contributed by atoms with E-state index in [9.17, 15) is 0 Å². The average molecular weight is 402 g/mol. The fourth-order valence-corrected chi connectivity index (χ4v) is 3.00. The number of aromatic amines is 1. The molecule has 2 aromatic rings. The van der Waals surface area contributed by atoms with Gasteiger partial charge in [-0.25, -0.2) is 0 Å². The van der Waals surface area contributed by atoms with Crippen molar-refractivity contribution in [2.24, 2.45) is 0 Å². The third-order valence-electron chi connectivity index (χ3n) is 4.44. The predicted molar refractivity (Wildman–Crippen MR) is 130 cm³/mol. The van der Waals surface area contributed by atoms with Crippen LogP contribution < -0.4 is 26.9 Å². The highest BCUT2D eigenvalue weighted by Crippen LogP contribution is 2.15. The topological polar surface area (TPSA) is 78.8 Å². The van der Waals surface area contributed by atoms with Crippen LogP contribution in [-0.4, -0.2) is 16.7 Å². The quantitative estimate of drug-likeness (QED) is 0.459. The van der Waals surface area contributed by atoms with E-state index in [1.54, 1.807) is 6.08 Å². The summed E-state index contributed by atoms with van der Waals surface area (Å²) in [6, 6.07) is 8.30. The third kappa shape index (κ3) is 6.14. The minimum Gasteiger partial charge on any atom is -0.382 e. The highest BCUT2D eigenvalue weighted by Gasteiger charge is 2.05. The molecule has 0 fully saturated rings. The second-order valence-corrected chi connectivity index (χ2v) is 6.67. The van der Waals surface area contributed by atoms with E-state index in [4.69, 9.17) is 5.73 Å². The van der Waals surface area contributed by atoms with E-state index in [0.29, 0.717) is 17.7 Å². The van der Waals surface area contributed by atoms with Crippen LogP contribution in [0.25, 0.3) is 12.2 Å². The fourth-order valence-electron chi connectivity index (χ4n) is 3.00. The summed E-state index contributed by atoms with van der Waals surface area (Å²) in [4.78, 5) is 0. The van der Waals surface area contributed by atoms with Gasteiger partial charge in [0, 0.05) is 12.2 Å². The smallest absolute Gasteiger partial charge is 0.153 e. The van der Waals surface area contributed by atoms with E-state index in [2.05, 4.69) is 59.6 Å². The Bertz CT molecular complexity index is 1080. The van der Waals surface area contributed by atoms with Crippen molar-refractivity contribution >= 4 is 23.7 Å².